The fourth-order valence-corrected chi connectivity index (χ4v) is 3.14. The quantitative estimate of drug-likeness (QED) is 0.842. The van der Waals surface area contributed by atoms with Crippen LogP contribution in [0.4, 0.5) is 0 Å². The highest BCUT2D eigenvalue weighted by Gasteiger charge is 2.38. The molecule has 2 unspecified atom stereocenters. The SMILES string of the molecule is CCNC(c1cccc2ncccc12)C(OCC)C1CC1. The molecule has 2 atom stereocenters. The molecule has 0 aliphatic heterocycles. The van der Waals surface area contributed by atoms with Crippen molar-refractivity contribution < 1.29 is 4.74 Å². The van der Waals surface area contributed by atoms with E-state index in [1.807, 2.05) is 12.3 Å². The zero-order valence-electron chi connectivity index (χ0n) is 12.9. The molecular formula is C18H24N2O. The third kappa shape index (κ3) is 3.09. The van der Waals surface area contributed by atoms with E-state index in [1.54, 1.807) is 0 Å². The summed E-state index contributed by atoms with van der Waals surface area (Å²) >= 11 is 0. The molecule has 3 nitrogen and oxygen atoms in total. The van der Waals surface area contributed by atoms with Crippen LogP contribution in [0.15, 0.2) is 36.5 Å². The van der Waals surface area contributed by atoms with Gasteiger partial charge in [0.1, 0.15) is 0 Å². The molecule has 0 saturated heterocycles. The number of ether oxygens (including phenoxy) is 1. The average Bonchev–Trinajstić information content (AvgIpc) is 3.35. The smallest absolute Gasteiger partial charge is 0.0797 e. The third-order valence-corrected chi connectivity index (χ3v) is 4.21. The van der Waals surface area contributed by atoms with Gasteiger partial charge in [0, 0.05) is 18.2 Å². The molecule has 1 aromatic carbocycles. The summed E-state index contributed by atoms with van der Waals surface area (Å²) in [6.45, 7) is 5.96. The number of fused-ring (bicyclic) bond motifs is 1. The van der Waals surface area contributed by atoms with E-state index in [4.69, 9.17) is 4.74 Å². The van der Waals surface area contributed by atoms with Gasteiger partial charge in [0.15, 0.2) is 0 Å². The topological polar surface area (TPSA) is 34.2 Å². The summed E-state index contributed by atoms with van der Waals surface area (Å²) in [6, 6.07) is 10.8. The van der Waals surface area contributed by atoms with Crippen molar-refractivity contribution in [2.45, 2.75) is 38.8 Å². The van der Waals surface area contributed by atoms with Crippen molar-refractivity contribution in [3.63, 3.8) is 0 Å². The van der Waals surface area contributed by atoms with Gasteiger partial charge in [0.05, 0.1) is 17.7 Å². The molecule has 1 aliphatic carbocycles. The van der Waals surface area contributed by atoms with E-state index < -0.39 is 0 Å². The zero-order chi connectivity index (χ0) is 14.7. The van der Waals surface area contributed by atoms with Crippen LogP contribution in [0, 0.1) is 5.92 Å². The Bertz CT molecular complexity index is 589. The van der Waals surface area contributed by atoms with Crippen LogP contribution in [0.1, 0.15) is 38.3 Å². The fourth-order valence-electron chi connectivity index (χ4n) is 3.14. The second-order valence-electron chi connectivity index (χ2n) is 5.71. The Hall–Kier alpha value is -1.45. The van der Waals surface area contributed by atoms with Gasteiger partial charge in [-0.05, 0) is 49.9 Å². The van der Waals surface area contributed by atoms with E-state index >= 15 is 0 Å². The molecule has 1 fully saturated rings. The molecule has 0 bridgehead atoms. The van der Waals surface area contributed by atoms with Crippen LogP contribution in [-0.2, 0) is 4.74 Å². The fraction of sp³-hybridized carbons (Fsp3) is 0.500. The first-order valence-corrected chi connectivity index (χ1v) is 8.03. The van der Waals surface area contributed by atoms with Crippen molar-refractivity contribution in [1.82, 2.24) is 10.3 Å². The number of nitrogens with zero attached hydrogens (tertiary/aromatic N) is 1. The number of hydrogen-bond donors (Lipinski definition) is 1. The van der Waals surface area contributed by atoms with Crippen LogP contribution < -0.4 is 5.32 Å². The molecule has 2 aromatic rings. The minimum Gasteiger partial charge on any atom is -0.376 e. The van der Waals surface area contributed by atoms with E-state index in [1.165, 1.54) is 23.8 Å². The van der Waals surface area contributed by atoms with E-state index in [-0.39, 0.29) is 12.1 Å². The summed E-state index contributed by atoms with van der Waals surface area (Å²) in [4.78, 5) is 4.48. The van der Waals surface area contributed by atoms with Gasteiger partial charge in [-0.3, -0.25) is 4.98 Å². The van der Waals surface area contributed by atoms with E-state index in [0.717, 1.165) is 18.7 Å². The number of nitrogens with one attached hydrogen (secondary N) is 1. The Labute approximate surface area is 126 Å². The summed E-state index contributed by atoms with van der Waals surface area (Å²) in [5.74, 6) is 0.695. The minimum atomic E-state index is 0.246. The standard InChI is InChI=1S/C18H24N2O/c1-3-19-17(18(21-4-2)13-10-11-13)15-7-5-9-16-14(15)8-6-12-20-16/h5-9,12-13,17-19H,3-4,10-11H2,1-2H3. The normalized spacial score (nSPS) is 17.8. The Morgan fingerprint density at radius 1 is 1.24 bits per heavy atom. The van der Waals surface area contributed by atoms with Crippen LogP contribution in [0.5, 0.6) is 0 Å². The number of aromatic nitrogens is 1. The highest BCUT2D eigenvalue weighted by Crippen LogP contribution is 2.41. The van der Waals surface area contributed by atoms with E-state index in [0.29, 0.717) is 5.92 Å². The van der Waals surface area contributed by atoms with Gasteiger partial charge in [-0.15, -0.1) is 0 Å². The lowest BCUT2D eigenvalue weighted by Crippen LogP contribution is -2.35. The monoisotopic (exact) mass is 284 g/mol. The first-order valence-electron chi connectivity index (χ1n) is 8.03. The number of benzene rings is 1. The molecule has 0 radical (unpaired) electrons. The number of hydrogen-bond acceptors (Lipinski definition) is 3. The lowest BCUT2D eigenvalue weighted by molar-refractivity contribution is 0.0193. The van der Waals surface area contributed by atoms with Crippen molar-refractivity contribution in [3.05, 3.63) is 42.1 Å². The molecule has 1 aromatic heterocycles. The van der Waals surface area contributed by atoms with Gasteiger partial charge in [-0.2, -0.15) is 0 Å². The summed E-state index contributed by atoms with van der Waals surface area (Å²) < 4.78 is 6.10. The lowest BCUT2D eigenvalue weighted by atomic mass is 9.94. The van der Waals surface area contributed by atoms with Gasteiger partial charge in [-0.1, -0.05) is 25.1 Å². The summed E-state index contributed by atoms with van der Waals surface area (Å²) in [5, 5.41) is 4.88. The molecule has 1 aliphatic rings. The predicted molar refractivity (Wildman–Crippen MR) is 86.3 cm³/mol. The van der Waals surface area contributed by atoms with Crippen molar-refractivity contribution in [3.8, 4) is 0 Å². The molecule has 21 heavy (non-hydrogen) atoms. The largest absolute Gasteiger partial charge is 0.376 e. The molecule has 1 heterocycles. The summed E-state index contributed by atoms with van der Waals surface area (Å²) in [5.41, 5.74) is 2.37. The molecule has 3 heteroatoms. The van der Waals surface area contributed by atoms with Gasteiger partial charge in [0.25, 0.3) is 0 Å². The van der Waals surface area contributed by atoms with Gasteiger partial charge >= 0.3 is 0 Å². The van der Waals surface area contributed by atoms with Crippen molar-refractivity contribution in [2.75, 3.05) is 13.2 Å². The van der Waals surface area contributed by atoms with Crippen molar-refractivity contribution >= 4 is 10.9 Å². The maximum atomic E-state index is 6.10. The molecule has 1 N–H and O–H groups in total. The molecule has 1 saturated carbocycles. The van der Waals surface area contributed by atoms with Crippen molar-refractivity contribution in [1.29, 1.82) is 0 Å². The Morgan fingerprint density at radius 3 is 2.81 bits per heavy atom. The number of pyridine rings is 1. The first-order chi connectivity index (χ1) is 10.3. The predicted octanol–water partition coefficient (Wildman–Crippen LogP) is 3.70. The second kappa shape index (κ2) is 6.54. The molecule has 0 spiro atoms. The van der Waals surface area contributed by atoms with Crippen LogP contribution in [0.25, 0.3) is 10.9 Å². The summed E-state index contributed by atoms with van der Waals surface area (Å²) in [7, 11) is 0. The molecular weight excluding hydrogens is 260 g/mol. The zero-order valence-corrected chi connectivity index (χ0v) is 12.9. The second-order valence-corrected chi connectivity index (χ2v) is 5.71. The first kappa shape index (κ1) is 14.5. The Kier molecular flexibility index (Phi) is 4.51. The molecule has 3 rings (SSSR count). The lowest BCUT2D eigenvalue weighted by Gasteiger charge is -2.29. The molecule has 0 amide bonds. The average molecular weight is 284 g/mol. The number of likely N-dealkylation sites (N-methyl/N-ethyl adjacent to an activating group) is 1. The van der Waals surface area contributed by atoms with Crippen LogP contribution in [0.3, 0.4) is 0 Å². The van der Waals surface area contributed by atoms with Crippen LogP contribution in [0.2, 0.25) is 0 Å². The van der Waals surface area contributed by atoms with E-state index in [2.05, 4.69) is 48.4 Å². The number of rotatable bonds is 7. The highest BCUT2D eigenvalue weighted by atomic mass is 16.5. The van der Waals surface area contributed by atoms with Gasteiger partial charge < -0.3 is 10.1 Å². The maximum absolute atomic E-state index is 6.10. The van der Waals surface area contributed by atoms with Gasteiger partial charge in [-0.25, -0.2) is 0 Å². The van der Waals surface area contributed by atoms with Crippen molar-refractivity contribution in [2.24, 2.45) is 5.92 Å². The minimum absolute atomic E-state index is 0.246. The Morgan fingerprint density at radius 2 is 2.10 bits per heavy atom. The maximum Gasteiger partial charge on any atom is 0.0797 e. The van der Waals surface area contributed by atoms with Gasteiger partial charge in [0.2, 0.25) is 0 Å². The Balaban J connectivity index is 2.01. The summed E-state index contributed by atoms with van der Waals surface area (Å²) in [6.07, 6.45) is 4.70. The molecule has 112 valence electrons. The van der Waals surface area contributed by atoms with Crippen LogP contribution in [-0.4, -0.2) is 24.2 Å². The third-order valence-electron chi connectivity index (χ3n) is 4.21. The highest BCUT2D eigenvalue weighted by molar-refractivity contribution is 5.82. The van der Waals surface area contributed by atoms with Crippen LogP contribution >= 0.6 is 0 Å². The van der Waals surface area contributed by atoms with E-state index in [9.17, 15) is 0 Å².